The van der Waals surface area contributed by atoms with Gasteiger partial charge in [0.05, 0.1) is 24.3 Å². The predicted molar refractivity (Wildman–Crippen MR) is 115 cm³/mol. The summed E-state index contributed by atoms with van der Waals surface area (Å²) in [5.41, 5.74) is 3.30. The van der Waals surface area contributed by atoms with Gasteiger partial charge in [-0.25, -0.2) is 4.79 Å². The number of nitrogens with zero attached hydrogens (tertiary/aromatic N) is 2. The van der Waals surface area contributed by atoms with Crippen LogP contribution in [0.3, 0.4) is 0 Å². The lowest BCUT2D eigenvalue weighted by molar-refractivity contribution is 0.0304. The molecule has 0 radical (unpaired) electrons. The lowest BCUT2D eigenvalue weighted by atomic mass is 10.1. The number of hydrogen-bond donors (Lipinski definition) is 1. The Morgan fingerprint density at radius 2 is 1.70 bits per heavy atom. The first-order chi connectivity index (χ1) is 14.6. The Hall–Kier alpha value is -3.12. The van der Waals surface area contributed by atoms with Crippen LogP contribution < -0.4 is 0 Å². The summed E-state index contributed by atoms with van der Waals surface area (Å²) in [5.74, 6) is -0.824. The van der Waals surface area contributed by atoms with Gasteiger partial charge >= 0.3 is 5.97 Å². The molecule has 1 aliphatic rings. The van der Waals surface area contributed by atoms with E-state index in [1.54, 1.807) is 12.1 Å². The highest BCUT2D eigenvalue weighted by atomic mass is 16.5. The van der Waals surface area contributed by atoms with Gasteiger partial charge in [-0.2, -0.15) is 0 Å². The van der Waals surface area contributed by atoms with Gasteiger partial charge in [-0.15, -0.1) is 0 Å². The summed E-state index contributed by atoms with van der Waals surface area (Å²) in [6, 6.07) is 15.1. The minimum atomic E-state index is -0.900. The fourth-order valence-electron chi connectivity index (χ4n) is 3.96. The van der Waals surface area contributed by atoms with Gasteiger partial charge in [-0.1, -0.05) is 30.3 Å². The summed E-state index contributed by atoms with van der Waals surface area (Å²) in [5, 5.41) is 9.99. The van der Waals surface area contributed by atoms with Gasteiger partial charge in [0.15, 0.2) is 0 Å². The zero-order valence-corrected chi connectivity index (χ0v) is 16.9. The van der Waals surface area contributed by atoms with Crippen LogP contribution in [0.1, 0.15) is 39.1 Å². The summed E-state index contributed by atoms with van der Waals surface area (Å²) >= 11 is 0. The molecule has 0 aliphatic carbocycles. The van der Waals surface area contributed by atoms with Crippen LogP contribution in [-0.2, 0) is 17.7 Å². The molecule has 0 atom stereocenters. The Morgan fingerprint density at radius 1 is 0.967 bits per heavy atom. The number of unbranched alkanes of at least 4 members (excludes halogenated alkanes) is 1. The largest absolute Gasteiger partial charge is 0.478 e. The van der Waals surface area contributed by atoms with Gasteiger partial charge in [0.2, 0.25) is 0 Å². The van der Waals surface area contributed by atoms with E-state index in [9.17, 15) is 9.59 Å². The normalized spacial score (nSPS) is 14.2. The number of aryl methyl sites for hydroxylation is 2. The molecule has 30 heavy (non-hydrogen) atoms. The maximum Gasteiger partial charge on any atom is 0.335 e. The molecule has 2 aromatic carbocycles. The molecule has 1 aliphatic heterocycles. The zero-order valence-electron chi connectivity index (χ0n) is 16.9. The van der Waals surface area contributed by atoms with E-state index in [1.807, 2.05) is 41.4 Å². The van der Waals surface area contributed by atoms with E-state index < -0.39 is 5.97 Å². The summed E-state index contributed by atoms with van der Waals surface area (Å²) < 4.78 is 7.55. The Bertz CT molecular complexity index is 1030. The minimum absolute atomic E-state index is 0.0757. The molecule has 6 nitrogen and oxygen atoms in total. The lowest BCUT2D eigenvalue weighted by Crippen LogP contribution is -2.40. The van der Waals surface area contributed by atoms with E-state index in [0.29, 0.717) is 31.9 Å². The quantitative estimate of drug-likeness (QED) is 0.605. The van der Waals surface area contributed by atoms with Crippen molar-refractivity contribution in [2.75, 3.05) is 26.3 Å². The van der Waals surface area contributed by atoms with E-state index in [1.165, 1.54) is 0 Å². The molecule has 1 saturated heterocycles. The van der Waals surface area contributed by atoms with E-state index in [2.05, 4.69) is 10.6 Å². The molecule has 3 aromatic rings. The Kier molecular flexibility index (Phi) is 6.14. The molecule has 6 heteroatoms. The molecular weight excluding hydrogens is 380 g/mol. The van der Waals surface area contributed by atoms with E-state index in [0.717, 1.165) is 47.8 Å². The van der Waals surface area contributed by atoms with Crippen molar-refractivity contribution in [2.45, 2.75) is 25.8 Å². The molecule has 0 bridgehead atoms. The Balaban J connectivity index is 1.41. The number of benzene rings is 2. The molecule has 0 saturated carbocycles. The molecule has 1 aromatic heterocycles. The number of aromatic carboxylic acids is 1. The van der Waals surface area contributed by atoms with Crippen LogP contribution in [0.5, 0.6) is 0 Å². The van der Waals surface area contributed by atoms with Gasteiger partial charge in [-0.05, 0) is 43.0 Å². The number of carbonyl (C=O) groups excluding carboxylic acids is 1. The molecule has 1 fully saturated rings. The summed E-state index contributed by atoms with van der Waals surface area (Å²) in [6.07, 6.45) is 4.86. The number of amides is 1. The van der Waals surface area contributed by atoms with Crippen molar-refractivity contribution < 1.29 is 19.4 Å². The molecule has 0 unspecified atom stereocenters. The van der Waals surface area contributed by atoms with Crippen LogP contribution in [0.2, 0.25) is 0 Å². The second-order valence-corrected chi connectivity index (χ2v) is 7.62. The standard InChI is InChI=1S/C24H26N2O4/c27-23(25-13-15-30-16-14-25)21-17-26(22-7-2-1-6-20(21)22)12-4-3-5-18-8-10-19(11-9-18)24(28)29/h1-2,6-11,17H,3-5,12-16H2,(H,28,29). The number of carboxylic acid groups (broad SMARTS) is 1. The Morgan fingerprint density at radius 3 is 2.43 bits per heavy atom. The number of rotatable bonds is 7. The summed E-state index contributed by atoms with van der Waals surface area (Å²) in [4.78, 5) is 25.9. The number of fused-ring (bicyclic) bond motifs is 1. The maximum atomic E-state index is 13.0. The number of hydrogen-bond acceptors (Lipinski definition) is 3. The van der Waals surface area contributed by atoms with E-state index in [4.69, 9.17) is 9.84 Å². The third-order valence-corrected chi connectivity index (χ3v) is 5.63. The van der Waals surface area contributed by atoms with Crippen molar-refractivity contribution in [3.8, 4) is 0 Å². The molecular formula is C24H26N2O4. The van der Waals surface area contributed by atoms with Crippen molar-refractivity contribution in [3.63, 3.8) is 0 Å². The number of para-hydroxylation sites is 1. The van der Waals surface area contributed by atoms with Gasteiger partial charge in [-0.3, -0.25) is 4.79 Å². The zero-order chi connectivity index (χ0) is 20.9. The highest BCUT2D eigenvalue weighted by Crippen LogP contribution is 2.24. The van der Waals surface area contributed by atoms with Gasteiger partial charge in [0.1, 0.15) is 0 Å². The average Bonchev–Trinajstić information content (AvgIpc) is 3.16. The lowest BCUT2D eigenvalue weighted by Gasteiger charge is -2.26. The van der Waals surface area contributed by atoms with Crippen molar-refractivity contribution >= 4 is 22.8 Å². The number of carbonyl (C=O) groups is 2. The summed E-state index contributed by atoms with van der Waals surface area (Å²) in [6.45, 7) is 3.30. The molecule has 156 valence electrons. The second-order valence-electron chi connectivity index (χ2n) is 7.62. The molecule has 2 heterocycles. The predicted octanol–water partition coefficient (Wildman–Crippen LogP) is 3.83. The van der Waals surface area contributed by atoms with Crippen molar-refractivity contribution in [2.24, 2.45) is 0 Å². The van der Waals surface area contributed by atoms with Crippen LogP contribution in [0, 0.1) is 0 Å². The number of carboxylic acids is 1. The first-order valence-electron chi connectivity index (χ1n) is 10.4. The average molecular weight is 406 g/mol. The number of aromatic nitrogens is 1. The van der Waals surface area contributed by atoms with Crippen LogP contribution in [-0.4, -0.2) is 52.8 Å². The second kappa shape index (κ2) is 9.13. The van der Waals surface area contributed by atoms with Crippen molar-refractivity contribution in [1.29, 1.82) is 0 Å². The minimum Gasteiger partial charge on any atom is -0.478 e. The summed E-state index contributed by atoms with van der Waals surface area (Å²) in [7, 11) is 0. The third-order valence-electron chi connectivity index (χ3n) is 5.63. The highest BCUT2D eigenvalue weighted by molar-refractivity contribution is 6.07. The first kappa shape index (κ1) is 20.2. The highest BCUT2D eigenvalue weighted by Gasteiger charge is 2.22. The van der Waals surface area contributed by atoms with Crippen molar-refractivity contribution in [1.82, 2.24) is 9.47 Å². The van der Waals surface area contributed by atoms with E-state index in [-0.39, 0.29) is 5.91 Å². The van der Waals surface area contributed by atoms with Crippen LogP contribution >= 0.6 is 0 Å². The number of morpholine rings is 1. The molecule has 0 spiro atoms. The van der Waals surface area contributed by atoms with Crippen LogP contribution in [0.4, 0.5) is 0 Å². The molecule has 4 rings (SSSR count). The third kappa shape index (κ3) is 4.39. The van der Waals surface area contributed by atoms with Gasteiger partial charge < -0.3 is 19.3 Å². The first-order valence-corrected chi connectivity index (χ1v) is 10.4. The SMILES string of the molecule is O=C(O)c1ccc(CCCCn2cc(C(=O)N3CCOCC3)c3ccccc32)cc1. The van der Waals surface area contributed by atoms with Crippen LogP contribution in [0.25, 0.3) is 10.9 Å². The molecule has 1 amide bonds. The molecule has 1 N–H and O–H groups in total. The Labute approximate surface area is 175 Å². The topological polar surface area (TPSA) is 71.8 Å². The van der Waals surface area contributed by atoms with Gasteiger partial charge in [0, 0.05) is 36.7 Å². The van der Waals surface area contributed by atoms with E-state index >= 15 is 0 Å². The van der Waals surface area contributed by atoms with Crippen LogP contribution in [0.15, 0.2) is 54.7 Å². The maximum absolute atomic E-state index is 13.0. The van der Waals surface area contributed by atoms with Gasteiger partial charge in [0.25, 0.3) is 5.91 Å². The fourth-order valence-corrected chi connectivity index (χ4v) is 3.96. The smallest absolute Gasteiger partial charge is 0.335 e. The monoisotopic (exact) mass is 406 g/mol. The van der Waals surface area contributed by atoms with Crippen molar-refractivity contribution in [3.05, 3.63) is 71.4 Å². The fraction of sp³-hybridized carbons (Fsp3) is 0.333. The number of ether oxygens (including phenoxy) is 1.